The van der Waals surface area contributed by atoms with Gasteiger partial charge in [-0.25, -0.2) is 13.1 Å². The number of sulfonamides is 1. The van der Waals surface area contributed by atoms with Crippen molar-refractivity contribution in [3.63, 3.8) is 0 Å². The number of unbranched alkanes of at least 4 members (excludes halogenated alkanes) is 1. The molecule has 148 valence electrons. The average Bonchev–Trinajstić information content (AvgIpc) is 2.68. The Morgan fingerprint density at radius 3 is 2.30 bits per heavy atom. The molecule has 1 fully saturated rings. The maximum Gasteiger partial charge on any atom is 0.241 e. The van der Waals surface area contributed by atoms with E-state index in [9.17, 15) is 8.42 Å². The molecule has 0 aliphatic carbocycles. The molecule has 1 aliphatic rings. The van der Waals surface area contributed by atoms with Crippen LogP contribution in [0.3, 0.4) is 0 Å². The molecule has 0 atom stereocenters. The van der Waals surface area contributed by atoms with Crippen molar-refractivity contribution in [2.24, 2.45) is 0 Å². The minimum absolute atomic E-state index is 0.219. The second-order valence-corrected chi connectivity index (χ2v) is 8.72. The Bertz CT molecular complexity index is 828. The highest BCUT2D eigenvalue weighted by Gasteiger charge is 2.17. The second-order valence-electron chi connectivity index (χ2n) is 6.99. The third-order valence-electron chi connectivity index (χ3n) is 5.11. The van der Waals surface area contributed by atoms with Crippen LogP contribution in [-0.4, -0.2) is 75.7 Å². The van der Waals surface area contributed by atoms with Gasteiger partial charge in [0.15, 0.2) is 0 Å². The van der Waals surface area contributed by atoms with Gasteiger partial charge < -0.3 is 10.0 Å². The number of nitrogens with one attached hydrogen (secondary N) is 1. The Morgan fingerprint density at radius 1 is 0.889 bits per heavy atom. The van der Waals surface area contributed by atoms with E-state index in [4.69, 9.17) is 5.11 Å². The minimum atomic E-state index is -3.50. The first kappa shape index (κ1) is 20.2. The van der Waals surface area contributed by atoms with Gasteiger partial charge in [0.05, 0.1) is 11.5 Å². The van der Waals surface area contributed by atoms with Gasteiger partial charge in [-0.15, -0.1) is 0 Å². The molecular formula is C20H29N3O3S. The van der Waals surface area contributed by atoms with Crippen LogP contribution < -0.4 is 4.72 Å². The van der Waals surface area contributed by atoms with E-state index in [1.54, 1.807) is 12.1 Å². The molecule has 2 N–H and O–H groups in total. The molecule has 0 saturated carbocycles. The van der Waals surface area contributed by atoms with Gasteiger partial charge in [0.25, 0.3) is 0 Å². The Morgan fingerprint density at radius 2 is 1.56 bits per heavy atom. The van der Waals surface area contributed by atoms with E-state index in [1.807, 2.05) is 30.3 Å². The Balaban J connectivity index is 1.44. The van der Waals surface area contributed by atoms with Crippen LogP contribution in [0.1, 0.15) is 12.8 Å². The zero-order valence-corrected chi connectivity index (χ0v) is 16.5. The van der Waals surface area contributed by atoms with Crippen molar-refractivity contribution in [1.82, 2.24) is 14.5 Å². The van der Waals surface area contributed by atoms with Gasteiger partial charge in [-0.2, -0.15) is 0 Å². The van der Waals surface area contributed by atoms with Crippen LogP contribution in [0.25, 0.3) is 10.8 Å². The van der Waals surface area contributed by atoms with Gasteiger partial charge in [-0.1, -0.05) is 36.4 Å². The normalized spacial score (nSPS) is 16.8. The van der Waals surface area contributed by atoms with Crippen molar-refractivity contribution >= 4 is 20.8 Å². The van der Waals surface area contributed by atoms with Crippen LogP contribution in [0.5, 0.6) is 0 Å². The van der Waals surface area contributed by atoms with E-state index in [1.165, 1.54) is 0 Å². The van der Waals surface area contributed by atoms with Gasteiger partial charge in [0.2, 0.25) is 10.0 Å². The summed E-state index contributed by atoms with van der Waals surface area (Å²) in [6.07, 6.45) is 1.79. The molecular weight excluding hydrogens is 362 g/mol. The minimum Gasteiger partial charge on any atom is -0.395 e. The van der Waals surface area contributed by atoms with Crippen molar-refractivity contribution in [2.45, 2.75) is 17.7 Å². The van der Waals surface area contributed by atoms with Crippen molar-refractivity contribution in [2.75, 3.05) is 52.4 Å². The van der Waals surface area contributed by atoms with Gasteiger partial charge >= 0.3 is 0 Å². The summed E-state index contributed by atoms with van der Waals surface area (Å²) in [4.78, 5) is 5.03. The van der Waals surface area contributed by atoms with Crippen molar-refractivity contribution < 1.29 is 13.5 Å². The van der Waals surface area contributed by atoms with E-state index in [0.29, 0.717) is 11.4 Å². The fourth-order valence-electron chi connectivity index (χ4n) is 3.55. The maximum absolute atomic E-state index is 12.7. The van der Waals surface area contributed by atoms with Gasteiger partial charge in [-0.3, -0.25) is 4.90 Å². The molecule has 6 nitrogen and oxygen atoms in total. The summed E-state index contributed by atoms with van der Waals surface area (Å²) in [7, 11) is -3.50. The SMILES string of the molecule is O=S(=O)(NCCCCN1CCN(CCO)CC1)c1cccc2ccccc12. The first-order valence-electron chi connectivity index (χ1n) is 9.63. The molecule has 2 aromatic rings. The van der Waals surface area contributed by atoms with Crippen molar-refractivity contribution in [3.05, 3.63) is 42.5 Å². The number of aliphatic hydroxyl groups is 1. The molecule has 0 spiro atoms. The zero-order valence-electron chi connectivity index (χ0n) is 15.7. The number of fused-ring (bicyclic) bond motifs is 1. The molecule has 0 unspecified atom stereocenters. The predicted octanol–water partition coefficient (Wildman–Crippen LogP) is 1.51. The lowest BCUT2D eigenvalue weighted by atomic mass is 10.1. The van der Waals surface area contributed by atoms with Crippen molar-refractivity contribution in [3.8, 4) is 0 Å². The average molecular weight is 392 g/mol. The predicted molar refractivity (Wildman–Crippen MR) is 108 cm³/mol. The van der Waals surface area contributed by atoms with E-state index in [0.717, 1.165) is 62.9 Å². The van der Waals surface area contributed by atoms with Crippen LogP contribution in [0.4, 0.5) is 0 Å². The lowest BCUT2D eigenvalue weighted by molar-refractivity contribution is 0.111. The Kier molecular flexibility index (Phi) is 7.20. The van der Waals surface area contributed by atoms with Crippen LogP contribution >= 0.6 is 0 Å². The highest BCUT2D eigenvalue weighted by Crippen LogP contribution is 2.22. The monoisotopic (exact) mass is 391 g/mol. The molecule has 3 rings (SSSR count). The fraction of sp³-hybridized carbons (Fsp3) is 0.500. The molecule has 0 amide bonds. The van der Waals surface area contributed by atoms with E-state index in [2.05, 4.69) is 14.5 Å². The molecule has 0 radical (unpaired) electrons. The summed E-state index contributed by atoms with van der Waals surface area (Å²) in [5.41, 5.74) is 0. The number of nitrogens with zero attached hydrogens (tertiary/aromatic N) is 2. The lowest BCUT2D eigenvalue weighted by Gasteiger charge is -2.34. The second kappa shape index (κ2) is 9.61. The molecule has 1 aliphatic heterocycles. The Hall–Kier alpha value is -1.51. The number of hydrogen-bond acceptors (Lipinski definition) is 5. The number of hydrogen-bond donors (Lipinski definition) is 2. The summed E-state index contributed by atoms with van der Waals surface area (Å²) in [6.45, 7) is 6.44. The number of β-amino-alcohol motifs (C(OH)–C–C–N with tert-alkyl or cyclic N) is 1. The largest absolute Gasteiger partial charge is 0.395 e. The third kappa shape index (κ3) is 5.49. The summed E-state index contributed by atoms with van der Waals surface area (Å²) in [5.74, 6) is 0. The molecule has 0 aromatic heterocycles. The highest BCUT2D eigenvalue weighted by molar-refractivity contribution is 7.89. The molecule has 27 heavy (non-hydrogen) atoms. The van der Waals surface area contributed by atoms with Gasteiger partial charge in [0.1, 0.15) is 0 Å². The van der Waals surface area contributed by atoms with E-state index < -0.39 is 10.0 Å². The molecule has 2 aromatic carbocycles. The van der Waals surface area contributed by atoms with Crippen LogP contribution in [-0.2, 0) is 10.0 Å². The Labute approximate surface area is 161 Å². The number of aliphatic hydroxyl groups excluding tert-OH is 1. The topological polar surface area (TPSA) is 72.9 Å². The smallest absolute Gasteiger partial charge is 0.241 e. The van der Waals surface area contributed by atoms with Crippen LogP contribution in [0.15, 0.2) is 47.4 Å². The molecule has 1 heterocycles. The third-order valence-corrected chi connectivity index (χ3v) is 6.63. The lowest BCUT2D eigenvalue weighted by Crippen LogP contribution is -2.47. The number of benzene rings is 2. The first-order chi connectivity index (χ1) is 13.1. The standard InChI is InChI=1S/C20H29N3O3S/c24-17-16-23-14-12-22(13-15-23)11-4-3-10-21-27(25,26)20-9-5-7-18-6-1-2-8-19(18)20/h1-2,5-9,21,24H,3-4,10-17H2. The molecule has 0 bridgehead atoms. The van der Waals surface area contributed by atoms with Gasteiger partial charge in [-0.05, 0) is 30.8 Å². The van der Waals surface area contributed by atoms with Crippen molar-refractivity contribution in [1.29, 1.82) is 0 Å². The fourth-order valence-corrected chi connectivity index (χ4v) is 4.85. The van der Waals surface area contributed by atoms with E-state index >= 15 is 0 Å². The zero-order chi connectivity index (χ0) is 19.1. The first-order valence-corrected chi connectivity index (χ1v) is 11.1. The summed E-state index contributed by atoms with van der Waals surface area (Å²) in [6, 6.07) is 12.9. The number of rotatable bonds is 9. The van der Waals surface area contributed by atoms with E-state index in [-0.39, 0.29) is 6.61 Å². The summed E-state index contributed by atoms with van der Waals surface area (Å²) < 4.78 is 28.1. The van der Waals surface area contributed by atoms with Gasteiger partial charge in [0, 0.05) is 44.7 Å². The summed E-state index contributed by atoms with van der Waals surface area (Å²) in [5, 5.41) is 10.7. The maximum atomic E-state index is 12.7. The molecule has 7 heteroatoms. The summed E-state index contributed by atoms with van der Waals surface area (Å²) >= 11 is 0. The molecule has 1 saturated heterocycles. The highest BCUT2D eigenvalue weighted by atomic mass is 32.2. The van der Waals surface area contributed by atoms with Crippen LogP contribution in [0, 0.1) is 0 Å². The quantitative estimate of drug-likeness (QED) is 0.634. The number of piperazine rings is 1. The van der Waals surface area contributed by atoms with Crippen LogP contribution in [0.2, 0.25) is 0 Å².